The van der Waals surface area contributed by atoms with E-state index in [0.29, 0.717) is 15.6 Å². The Bertz CT molecular complexity index is 700. The van der Waals surface area contributed by atoms with Crippen molar-refractivity contribution in [3.63, 3.8) is 0 Å². The minimum absolute atomic E-state index is 0.235. The van der Waals surface area contributed by atoms with Crippen LogP contribution >= 0.6 is 22.9 Å². The first-order valence-electron chi connectivity index (χ1n) is 5.82. The number of halogens is 1. The highest BCUT2D eigenvalue weighted by atomic mass is 35.5. The van der Waals surface area contributed by atoms with Crippen molar-refractivity contribution in [1.29, 1.82) is 0 Å². The molecule has 0 saturated carbocycles. The van der Waals surface area contributed by atoms with Crippen LogP contribution in [-0.4, -0.2) is 17.4 Å². The van der Waals surface area contributed by atoms with Crippen molar-refractivity contribution in [3.8, 4) is 11.8 Å². The Morgan fingerprint density at radius 3 is 3.00 bits per heavy atom. The van der Waals surface area contributed by atoms with Gasteiger partial charge in [0.1, 0.15) is 4.88 Å². The van der Waals surface area contributed by atoms with Crippen LogP contribution in [0.4, 0.5) is 5.69 Å². The number of rotatable bonds is 2. The smallest absolute Gasteiger partial charge is 0.267 e. The number of aryl methyl sites for hydroxylation is 1. The Morgan fingerprint density at radius 1 is 1.55 bits per heavy atom. The molecular weight excluding hydrogens is 294 g/mol. The summed E-state index contributed by atoms with van der Waals surface area (Å²) < 4.78 is 0. The van der Waals surface area contributed by atoms with Gasteiger partial charge in [0, 0.05) is 5.56 Å². The summed E-state index contributed by atoms with van der Waals surface area (Å²) in [7, 11) is 0. The molecule has 1 aromatic carbocycles. The first-order valence-corrected chi connectivity index (χ1v) is 7.02. The van der Waals surface area contributed by atoms with Gasteiger partial charge in [-0.3, -0.25) is 4.79 Å². The first kappa shape index (κ1) is 14.5. The minimum atomic E-state index is -0.235. The van der Waals surface area contributed by atoms with Crippen molar-refractivity contribution in [2.24, 2.45) is 5.73 Å². The number of carbonyl (C=O) groups excluding carboxylic acids is 1. The molecule has 0 saturated heterocycles. The Hall–Kier alpha value is -1.87. The maximum atomic E-state index is 12.0. The Kier molecular flexibility index (Phi) is 4.74. The quantitative estimate of drug-likeness (QED) is 0.838. The summed E-state index contributed by atoms with van der Waals surface area (Å²) >= 11 is 7.40. The molecule has 0 spiro atoms. The van der Waals surface area contributed by atoms with Crippen LogP contribution < -0.4 is 11.1 Å². The summed E-state index contributed by atoms with van der Waals surface area (Å²) in [5.41, 5.74) is 6.59. The lowest BCUT2D eigenvalue weighted by Crippen LogP contribution is -2.10. The van der Waals surface area contributed by atoms with E-state index in [1.54, 1.807) is 24.4 Å². The predicted octanol–water partition coefficient (Wildman–Crippen LogP) is 2.67. The van der Waals surface area contributed by atoms with Crippen LogP contribution in [0.15, 0.2) is 24.4 Å². The van der Waals surface area contributed by atoms with Crippen LogP contribution in [0.2, 0.25) is 5.02 Å². The van der Waals surface area contributed by atoms with Crippen molar-refractivity contribution < 1.29 is 4.79 Å². The van der Waals surface area contributed by atoms with Crippen molar-refractivity contribution in [3.05, 3.63) is 44.9 Å². The van der Waals surface area contributed by atoms with Gasteiger partial charge in [-0.05, 0) is 25.1 Å². The number of carbonyl (C=O) groups is 1. The second kappa shape index (κ2) is 6.53. The highest BCUT2D eigenvalue weighted by molar-refractivity contribution is 7.13. The molecule has 0 fully saturated rings. The molecule has 4 nitrogen and oxygen atoms in total. The number of nitrogens with two attached hydrogens (primary N) is 1. The van der Waals surface area contributed by atoms with E-state index in [9.17, 15) is 4.79 Å². The lowest BCUT2D eigenvalue weighted by Gasteiger charge is -2.06. The largest absolute Gasteiger partial charge is 0.320 e. The maximum Gasteiger partial charge on any atom is 0.267 e. The van der Waals surface area contributed by atoms with Crippen molar-refractivity contribution in [2.45, 2.75) is 6.92 Å². The molecule has 1 aromatic heterocycles. The van der Waals surface area contributed by atoms with Crippen LogP contribution in [-0.2, 0) is 0 Å². The highest BCUT2D eigenvalue weighted by Crippen LogP contribution is 2.24. The summed E-state index contributed by atoms with van der Waals surface area (Å²) in [5.74, 6) is 5.41. The number of amides is 1. The summed E-state index contributed by atoms with van der Waals surface area (Å²) in [6, 6.07) is 5.18. The second-order valence-electron chi connectivity index (χ2n) is 3.90. The van der Waals surface area contributed by atoms with Gasteiger partial charge in [0.25, 0.3) is 5.91 Å². The van der Waals surface area contributed by atoms with Crippen LogP contribution in [0.25, 0.3) is 0 Å². The normalized spacial score (nSPS) is 9.75. The Morgan fingerprint density at radius 2 is 2.35 bits per heavy atom. The zero-order chi connectivity index (χ0) is 14.5. The van der Waals surface area contributed by atoms with Gasteiger partial charge in [-0.2, -0.15) is 0 Å². The van der Waals surface area contributed by atoms with E-state index >= 15 is 0 Å². The number of nitrogens with one attached hydrogen (secondary N) is 1. The summed E-state index contributed by atoms with van der Waals surface area (Å²) in [5, 5.41) is 4.05. The van der Waals surface area contributed by atoms with E-state index < -0.39 is 0 Å². The zero-order valence-electron chi connectivity index (χ0n) is 10.7. The highest BCUT2D eigenvalue weighted by Gasteiger charge is 2.11. The lowest BCUT2D eigenvalue weighted by atomic mass is 10.2. The first-order chi connectivity index (χ1) is 9.60. The van der Waals surface area contributed by atoms with Crippen molar-refractivity contribution in [2.75, 3.05) is 11.9 Å². The molecule has 0 radical (unpaired) electrons. The van der Waals surface area contributed by atoms with Crippen LogP contribution in [0.1, 0.15) is 20.2 Å². The second-order valence-corrected chi connectivity index (χ2v) is 5.54. The molecule has 0 aliphatic rings. The maximum absolute atomic E-state index is 12.0. The monoisotopic (exact) mass is 305 g/mol. The third-order valence-electron chi connectivity index (χ3n) is 2.39. The molecule has 20 heavy (non-hydrogen) atoms. The van der Waals surface area contributed by atoms with Gasteiger partial charge in [-0.1, -0.05) is 23.4 Å². The molecule has 102 valence electrons. The molecule has 0 bridgehead atoms. The van der Waals surface area contributed by atoms with E-state index in [2.05, 4.69) is 22.1 Å². The Labute approximate surface area is 126 Å². The standard InChI is InChI=1S/C14H12ClN3OS/c1-9-17-8-13(20-9)14(19)18-12-7-10(3-2-6-16)4-5-11(12)15/h4-5,7-8H,6,16H2,1H3,(H,18,19). The number of hydrogen-bond acceptors (Lipinski definition) is 4. The number of aromatic nitrogens is 1. The van der Waals surface area contributed by atoms with Crippen LogP contribution in [0, 0.1) is 18.8 Å². The van der Waals surface area contributed by atoms with E-state index in [1.165, 1.54) is 11.3 Å². The third kappa shape index (κ3) is 3.58. The molecule has 2 rings (SSSR count). The van der Waals surface area contributed by atoms with Gasteiger partial charge in [0.05, 0.1) is 28.5 Å². The molecule has 6 heteroatoms. The number of anilines is 1. The summed E-state index contributed by atoms with van der Waals surface area (Å²) in [4.78, 5) is 16.6. The van der Waals surface area contributed by atoms with E-state index in [0.717, 1.165) is 10.6 Å². The van der Waals surface area contributed by atoms with Crippen molar-refractivity contribution >= 4 is 34.5 Å². The SMILES string of the molecule is Cc1ncc(C(=O)Nc2cc(C#CCN)ccc2Cl)s1. The molecular formula is C14H12ClN3OS. The molecule has 0 aliphatic heterocycles. The van der Waals surface area contributed by atoms with Gasteiger partial charge in [-0.15, -0.1) is 11.3 Å². The van der Waals surface area contributed by atoms with Gasteiger partial charge in [0.2, 0.25) is 0 Å². The summed E-state index contributed by atoms with van der Waals surface area (Å²) in [6.07, 6.45) is 1.54. The van der Waals surface area contributed by atoms with E-state index in [-0.39, 0.29) is 12.5 Å². The number of benzene rings is 1. The molecule has 0 unspecified atom stereocenters. The fraction of sp³-hybridized carbons (Fsp3) is 0.143. The van der Waals surface area contributed by atoms with Crippen molar-refractivity contribution in [1.82, 2.24) is 4.98 Å². The Balaban J connectivity index is 2.22. The number of nitrogens with zero attached hydrogens (tertiary/aromatic N) is 1. The average Bonchev–Trinajstić information content (AvgIpc) is 2.86. The zero-order valence-corrected chi connectivity index (χ0v) is 12.3. The molecule has 2 aromatic rings. The number of thiazole rings is 1. The fourth-order valence-corrected chi connectivity index (χ4v) is 2.34. The topological polar surface area (TPSA) is 68.0 Å². The van der Waals surface area contributed by atoms with Gasteiger partial charge in [-0.25, -0.2) is 4.98 Å². The molecule has 0 atom stereocenters. The van der Waals surface area contributed by atoms with Gasteiger partial charge in [0.15, 0.2) is 0 Å². The molecule has 1 amide bonds. The van der Waals surface area contributed by atoms with E-state index in [4.69, 9.17) is 17.3 Å². The summed E-state index contributed by atoms with van der Waals surface area (Å²) in [6.45, 7) is 2.13. The number of hydrogen-bond donors (Lipinski definition) is 2. The molecule has 1 heterocycles. The lowest BCUT2D eigenvalue weighted by molar-refractivity contribution is 0.103. The van der Waals surface area contributed by atoms with Gasteiger partial charge >= 0.3 is 0 Å². The predicted molar refractivity (Wildman–Crippen MR) is 82.2 cm³/mol. The minimum Gasteiger partial charge on any atom is -0.320 e. The van der Waals surface area contributed by atoms with Gasteiger partial charge < -0.3 is 11.1 Å². The molecule has 0 aliphatic carbocycles. The van der Waals surface area contributed by atoms with Crippen LogP contribution in [0.3, 0.4) is 0 Å². The fourth-order valence-electron chi connectivity index (χ4n) is 1.50. The van der Waals surface area contributed by atoms with E-state index in [1.807, 2.05) is 6.92 Å². The third-order valence-corrected chi connectivity index (χ3v) is 3.64. The van der Waals surface area contributed by atoms with Crippen LogP contribution in [0.5, 0.6) is 0 Å². The molecule has 3 N–H and O–H groups in total. The average molecular weight is 306 g/mol.